The molecule has 0 saturated heterocycles. The van der Waals surface area contributed by atoms with Gasteiger partial charge in [0.25, 0.3) is 5.91 Å². The first-order valence-corrected chi connectivity index (χ1v) is 4.63. The number of aliphatic hydroxyl groups is 1. The number of carbonyl (C=O) groups excluding carboxylic acids is 1. The average molecular weight is 241 g/mol. The van der Waals surface area contributed by atoms with Gasteiger partial charge in [-0.15, -0.1) is 0 Å². The third-order valence-electron chi connectivity index (χ3n) is 1.98. The van der Waals surface area contributed by atoms with Crippen molar-refractivity contribution in [2.24, 2.45) is 0 Å². The number of aliphatic carboxylic acids is 1. The fourth-order valence-corrected chi connectivity index (χ4v) is 1.04. The number of carboxylic acids is 1. The second-order valence-corrected chi connectivity index (χ2v) is 3.27. The van der Waals surface area contributed by atoms with E-state index in [1.54, 1.807) is 0 Å². The Balaban J connectivity index is 2.64. The first-order valence-electron chi connectivity index (χ1n) is 4.63. The van der Waals surface area contributed by atoms with E-state index in [2.05, 4.69) is 5.32 Å². The number of phenols is 2. The smallest absolute Gasteiger partial charge is 0.334 e. The van der Waals surface area contributed by atoms with Crippen molar-refractivity contribution < 1.29 is 30.0 Å². The average Bonchev–Trinajstić information content (AvgIpc) is 2.28. The molecule has 1 aromatic rings. The molecule has 7 heteroatoms. The van der Waals surface area contributed by atoms with Gasteiger partial charge in [-0.2, -0.15) is 0 Å². The number of aromatic hydroxyl groups is 2. The van der Waals surface area contributed by atoms with Gasteiger partial charge in [-0.25, -0.2) is 4.79 Å². The fourth-order valence-electron chi connectivity index (χ4n) is 1.04. The van der Waals surface area contributed by atoms with Gasteiger partial charge in [0.15, 0.2) is 17.6 Å². The number of nitrogens with one attached hydrogen (secondary N) is 1. The topological polar surface area (TPSA) is 127 Å². The van der Waals surface area contributed by atoms with Crippen LogP contribution in [0.25, 0.3) is 0 Å². The van der Waals surface area contributed by atoms with Crippen molar-refractivity contribution in [2.75, 3.05) is 6.54 Å². The Hall–Kier alpha value is -2.28. The molecule has 0 aliphatic carbocycles. The molecule has 7 nitrogen and oxygen atoms in total. The summed E-state index contributed by atoms with van der Waals surface area (Å²) in [6, 6.07) is 3.40. The van der Waals surface area contributed by atoms with Crippen LogP contribution < -0.4 is 5.32 Å². The zero-order valence-corrected chi connectivity index (χ0v) is 8.62. The van der Waals surface area contributed by atoms with Crippen LogP contribution in [-0.2, 0) is 4.79 Å². The van der Waals surface area contributed by atoms with Crippen molar-refractivity contribution in [3.05, 3.63) is 23.8 Å². The number of carbonyl (C=O) groups is 2. The van der Waals surface area contributed by atoms with Crippen LogP contribution >= 0.6 is 0 Å². The normalized spacial score (nSPS) is 11.8. The summed E-state index contributed by atoms with van der Waals surface area (Å²) in [5, 5.41) is 37.6. The number of carboxylic acid groups (broad SMARTS) is 1. The molecule has 0 fully saturated rings. The lowest BCUT2D eigenvalue weighted by Gasteiger charge is -2.08. The third-order valence-corrected chi connectivity index (χ3v) is 1.98. The van der Waals surface area contributed by atoms with E-state index in [-0.39, 0.29) is 11.3 Å². The van der Waals surface area contributed by atoms with Crippen LogP contribution in [0.4, 0.5) is 0 Å². The summed E-state index contributed by atoms with van der Waals surface area (Å²) >= 11 is 0. The van der Waals surface area contributed by atoms with Gasteiger partial charge in [0, 0.05) is 5.56 Å². The lowest BCUT2D eigenvalue weighted by Crippen LogP contribution is -2.36. The lowest BCUT2D eigenvalue weighted by molar-refractivity contribution is -0.146. The van der Waals surface area contributed by atoms with Gasteiger partial charge in [0.05, 0.1) is 6.54 Å². The van der Waals surface area contributed by atoms with E-state index in [1.807, 2.05) is 0 Å². The van der Waals surface area contributed by atoms with Crippen molar-refractivity contribution >= 4 is 11.9 Å². The molecule has 1 amide bonds. The van der Waals surface area contributed by atoms with Gasteiger partial charge in [0.1, 0.15) is 0 Å². The highest BCUT2D eigenvalue weighted by Gasteiger charge is 2.15. The zero-order valence-electron chi connectivity index (χ0n) is 8.62. The molecular weight excluding hydrogens is 230 g/mol. The van der Waals surface area contributed by atoms with Crippen LogP contribution in [0.5, 0.6) is 11.5 Å². The Bertz CT molecular complexity index is 444. The number of rotatable bonds is 4. The van der Waals surface area contributed by atoms with E-state index in [0.717, 1.165) is 12.1 Å². The second kappa shape index (κ2) is 5.17. The van der Waals surface area contributed by atoms with Crippen molar-refractivity contribution in [1.29, 1.82) is 0 Å². The molecule has 0 spiro atoms. The molecule has 0 radical (unpaired) electrons. The van der Waals surface area contributed by atoms with Gasteiger partial charge in [-0.3, -0.25) is 4.79 Å². The highest BCUT2D eigenvalue weighted by molar-refractivity contribution is 5.95. The molecule has 92 valence electrons. The number of benzene rings is 1. The van der Waals surface area contributed by atoms with Crippen LogP contribution in [0.3, 0.4) is 0 Å². The van der Waals surface area contributed by atoms with Gasteiger partial charge in [-0.1, -0.05) is 0 Å². The van der Waals surface area contributed by atoms with Crippen LogP contribution in [-0.4, -0.2) is 45.0 Å². The zero-order chi connectivity index (χ0) is 13.0. The summed E-state index contributed by atoms with van der Waals surface area (Å²) in [5.41, 5.74) is 0.0397. The minimum Gasteiger partial charge on any atom is -0.504 e. The van der Waals surface area contributed by atoms with E-state index in [1.165, 1.54) is 6.07 Å². The minimum atomic E-state index is -1.69. The Morgan fingerprint density at radius 2 is 1.88 bits per heavy atom. The van der Waals surface area contributed by atoms with E-state index in [9.17, 15) is 9.59 Å². The Morgan fingerprint density at radius 3 is 2.41 bits per heavy atom. The quantitative estimate of drug-likeness (QED) is 0.442. The predicted octanol–water partition coefficient (Wildman–Crippen LogP) is -0.727. The number of amides is 1. The second-order valence-electron chi connectivity index (χ2n) is 3.27. The van der Waals surface area contributed by atoms with Gasteiger partial charge < -0.3 is 25.7 Å². The highest BCUT2D eigenvalue weighted by atomic mass is 16.4. The molecule has 1 atom stereocenters. The maximum absolute atomic E-state index is 11.4. The summed E-state index contributed by atoms with van der Waals surface area (Å²) in [4.78, 5) is 21.7. The molecule has 0 aliphatic heterocycles. The summed E-state index contributed by atoms with van der Waals surface area (Å²) < 4.78 is 0. The molecule has 17 heavy (non-hydrogen) atoms. The van der Waals surface area contributed by atoms with Crippen LogP contribution in [0.2, 0.25) is 0 Å². The first kappa shape index (κ1) is 12.8. The SMILES string of the molecule is O=C(NCC(O)C(=O)O)c1ccc(O)c(O)c1. The first-order chi connectivity index (χ1) is 7.91. The van der Waals surface area contributed by atoms with Crippen molar-refractivity contribution in [2.45, 2.75) is 6.10 Å². The van der Waals surface area contributed by atoms with Crippen LogP contribution in [0, 0.1) is 0 Å². The fraction of sp³-hybridized carbons (Fsp3) is 0.200. The molecule has 1 rings (SSSR count). The minimum absolute atomic E-state index is 0.0397. The lowest BCUT2D eigenvalue weighted by atomic mass is 10.2. The van der Waals surface area contributed by atoms with E-state index in [4.69, 9.17) is 20.4 Å². The summed E-state index contributed by atoms with van der Waals surface area (Å²) in [5.74, 6) is -2.94. The largest absolute Gasteiger partial charge is 0.504 e. The van der Waals surface area contributed by atoms with Crippen molar-refractivity contribution in [3.8, 4) is 11.5 Å². The Kier molecular flexibility index (Phi) is 3.89. The maximum atomic E-state index is 11.4. The standard InChI is InChI=1S/C10H11NO6/c12-6-2-1-5(3-7(6)13)9(15)11-4-8(14)10(16)17/h1-3,8,12-14H,4H2,(H,11,15)(H,16,17). The number of hydrogen-bond donors (Lipinski definition) is 5. The van der Waals surface area contributed by atoms with Gasteiger partial charge in [-0.05, 0) is 18.2 Å². The van der Waals surface area contributed by atoms with Gasteiger partial charge in [0.2, 0.25) is 0 Å². The van der Waals surface area contributed by atoms with E-state index < -0.39 is 30.3 Å². The molecule has 5 N–H and O–H groups in total. The third kappa shape index (κ3) is 3.35. The molecule has 0 aliphatic rings. The molecule has 1 unspecified atom stereocenters. The van der Waals surface area contributed by atoms with Crippen LogP contribution in [0.1, 0.15) is 10.4 Å². The highest BCUT2D eigenvalue weighted by Crippen LogP contribution is 2.24. The molecule has 0 aromatic heterocycles. The maximum Gasteiger partial charge on any atom is 0.334 e. The van der Waals surface area contributed by atoms with Crippen molar-refractivity contribution in [1.82, 2.24) is 5.32 Å². The van der Waals surface area contributed by atoms with E-state index in [0.29, 0.717) is 0 Å². The Morgan fingerprint density at radius 1 is 1.24 bits per heavy atom. The van der Waals surface area contributed by atoms with Gasteiger partial charge >= 0.3 is 5.97 Å². The molecule has 0 bridgehead atoms. The van der Waals surface area contributed by atoms with Crippen LogP contribution in [0.15, 0.2) is 18.2 Å². The number of hydrogen-bond acceptors (Lipinski definition) is 5. The summed E-state index contributed by atoms with van der Waals surface area (Å²) in [6.07, 6.45) is -1.69. The molecular formula is C10H11NO6. The molecule has 0 heterocycles. The number of phenolic OH excluding ortho intramolecular Hbond substituents is 2. The van der Waals surface area contributed by atoms with E-state index >= 15 is 0 Å². The number of aliphatic hydroxyl groups excluding tert-OH is 1. The molecule has 1 aromatic carbocycles. The summed E-state index contributed by atoms with van der Waals surface area (Å²) in [7, 11) is 0. The Labute approximate surface area is 95.9 Å². The predicted molar refractivity (Wildman–Crippen MR) is 55.7 cm³/mol. The molecule has 0 saturated carbocycles. The van der Waals surface area contributed by atoms with Crippen molar-refractivity contribution in [3.63, 3.8) is 0 Å². The monoisotopic (exact) mass is 241 g/mol. The summed E-state index contributed by atoms with van der Waals surface area (Å²) in [6.45, 7) is -0.449.